The number of carbonyl (C=O) groups is 1. The molecule has 150 valence electrons. The lowest BCUT2D eigenvalue weighted by Gasteiger charge is -2.10. The predicted molar refractivity (Wildman–Crippen MR) is 109 cm³/mol. The van der Waals surface area contributed by atoms with Crippen molar-refractivity contribution in [3.05, 3.63) is 66.9 Å². The van der Waals surface area contributed by atoms with Crippen molar-refractivity contribution in [3.8, 4) is 28.9 Å². The maximum absolute atomic E-state index is 12.1. The second-order valence-electron chi connectivity index (χ2n) is 5.88. The van der Waals surface area contributed by atoms with E-state index < -0.39 is 0 Å². The number of aromatic nitrogens is 1. The molecule has 2 aromatic carbocycles. The van der Waals surface area contributed by atoms with E-state index in [0.29, 0.717) is 35.4 Å². The molecule has 29 heavy (non-hydrogen) atoms. The second-order valence-corrected chi connectivity index (χ2v) is 5.88. The number of rotatable bonds is 9. The molecule has 7 nitrogen and oxygen atoms in total. The molecule has 0 saturated carbocycles. The first-order chi connectivity index (χ1) is 14.2. The van der Waals surface area contributed by atoms with Gasteiger partial charge in [-0.1, -0.05) is 12.1 Å². The lowest BCUT2D eigenvalue weighted by Crippen LogP contribution is -2.20. The van der Waals surface area contributed by atoms with Crippen molar-refractivity contribution in [1.29, 1.82) is 0 Å². The van der Waals surface area contributed by atoms with Crippen LogP contribution in [0.15, 0.2) is 66.9 Å². The summed E-state index contributed by atoms with van der Waals surface area (Å²) in [6.45, 7) is 2.40. The van der Waals surface area contributed by atoms with E-state index in [-0.39, 0.29) is 12.5 Å². The number of nitrogens with zero attached hydrogens (tertiary/aromatic N) is 1. The highest BCUT2D eigenvalue weighted by molar-refractivity contribution is 5.91. The Kier molecular flexibility index (Phi) is 6.89. The zero-order valence-electron chi connectivity index (χ0n) is 16.3. The van der Waals surface area contributed by atoms with Crippen molar-refractivity contribution in [3.63, 3.8) is 0 Å². The standard InChI is InChI=1S/C22H22N2O5/c1-3-27-17-9-11-18(12-10-17)28-15-21(25)24-16-8-13-22(23-14-16)29-20-7-5-4-6-19(20)26-2/h4-14H,3,15H2,1-2H3,(H,24,25). The fourth-order valence-corrected chi connectivity index (χ4v) is 2.48. The maximum Gasteiger partial charge on any atom is 0.262 e. The predicted octanol–water partition coefficient (Wildman–Crippen LogP) is 4.30. The summed E-state index contributed by atoms with van der Waals surface area (Å²) in [5.41, 5.74) is 0.540. The number of pyridine rings is 1. The number of anilines is 1. The lowest BCUT2D eigenvalue weighted by molar-refractivity contribution is -0.118. The van der Waals surface area contributed by atoms with Gasteiger partial charge in [-0.15, -0.1) is 0 Å². The van der Waals surface area contributed by atoms with E-state index in [0.717, 1.165) is 5.75 Å². The molecular formula is C22H22N2O5. The minimum Gasteiger partial charge on any atom is -0.494 e. The quantitative estimate of drug-likeness (QED) is 0.583. The first-order valence-electron chi connectivity index (χ1n) is 9.10. The zero-order chi connectivity index (χ0) is 20.5. The van der Waals surface area contributed by atoms with E-state index >= 15 is 0 Å². The average Bonchev–Trinajstić information content (AvgIpc) is 2.75. The fraction of sp³-hybridized carbons (Fsp3) is 0.182. The summed E-state index contributed by atoms with van der Waals surface area (Å²) in [5, 5.41) is 2.73. The normalized spacial score (nSPS) is 10.1. The molecule has 0 fully saturated rings. The Hall–Kier alpha value is -3.74. The van der Waals surface area contributed by atoms with E-state index in [1.54, 1.807) is 55.6 Å². The van der Waals surface area contributed by atoms with Gasteiger partial charge in [0.25, 0.3) is 5.91 Å². The molecule has 3 aromatic rings. The van der Waals surface area contributed by atoms with Crippen molar-refractivity contribution in [2.45, 2.75) is 6.92 Å². The van der Waals surface area contributed by atoms with Gasteiger partial charge in [0.2, 0.25) is 5.88 Å². The number of methoxy groups -OCH3 is 1. The van der Waals surface area contributed by atoms with Gasteiger partial charge in [-0.05, 0) is 49.4 Å². The molecule has 7 heteroatoms. The van der Waals surface area contributed by atoms with E-state index in [9.17, 15) is 4.79 Å². The SMILES string of the molecule is CCOc1ccc(OCC(=O)Nc2ccc(Oc3ccccc3OC)nc2)cc1. The zero-order valence-corrected chi connectivity index (χ0v) is 16.3. The molecule has 1 amide bonds. The van der Waals surface area contributed by atoms with E-state index in [2.05, 4.69) is 10.3 Å². The molecule has 0 atom stereocenters. The molecule has 3 rings (SSSR count). The minimum atomic E-state index is -0.293. The number of nitrogens with one attached hydrogen (secondary N) is 1. The van der Waals surface area contributed by atoms with Crippen LogP contribution in [0.4, 0.5) is 5.69 Å². The molecule has 0 spiro atoms. The number of amides is 1. The van der Waals surface area contributed by atoms with Gasteiger partial charge in [-0.3, -0.25) is 4.79 Å². The van der Waals surface area contributed by atoms with Crippen molar-refractivity contribution < 1.29 is 23.7 Å². The van der Waals surface area contributed by atoms with E-state index in [1.165, 1.54) is 6.20 Å². The first-order valence-corrected chi connectivity index (χ1v) is 9.10. The van der Waals surface area contributed by atoms with Crippen LogP contribution in [0.5, 0.6) is 28.9 Å². The smallest absolute Gasteiger partial charge is 0.262 e. The van der Waals surface area contributed by atoms with Gasteiger partial charge >= 0.3 is 0 Å². The van der Waals surface area contributed by atoms with E-state index in [1.807, 2.05) is 19.1 Å². The van der Waals surface area contributed by atoms with Crippen LogP contribution in [0.1, 0.15) is 6.92 Å². The molecular weight excluding hydrogens is 372 g/mol. The molecule has 0 aliphatic heterocycles. The van der Waals surface area contributed by atoms with Crippen molar-refractivity contribution in [1.82, 2.24) is 4.98 Å². The summed E-state index contributed by atoms with van der Waals surface area (Å²) in [5.74, 6) is 2.60. The Morgan fingerprint density at radius 1 is 0.931 bits per heavy atom. The Labute approximate surface area is 169 Å². The first kappa shape index (κ1) is 20.0. The summed E-state index contributed by atoms with van der Waals surface area (Å²) >= 11 is 0. The summed E-state index contributed by atoms with van der Waals surface area (Å²) in [4.78, 5) is 16.3. The molecule has 0 aliphatic rings. The van der Waals surface area contributed by atoms with Crippen LogP contribution in [0.3, 0.4) is 0 Å². The molecule has 0 radical (unpaired) electrons. The molecule has 1 N–H and O–H groups in total. The van der Waals surface area contributed by atoms with Gasteiger partial charge in [-0.2, -0.15) is 0 Å². The Morgan fingerprint density at radius 3 is 2.24 bits per heavy atom. The van der Waals surface area contributed by atoms with Crippen LogP contribution in [0.25, 0.3) is 0 Å². The molecule has 1 heterocycles. The third-order valence-electron chi connectivity index (χ3n) is 3.81. The van der Waals surface area contributed by atoms with Crippen molar-refractivity contribution in [2.24, 2.45) is 0 Å². The Morgan fingerprint density at radius 2 is 1.62 bits per heavy atom. The summed E-state index contributed by atoms with van der Waals surface area (Å²) in [7, 11) is 1.57. The molecule has 0 bridgehead atoms. The van der Waals surface area contributed by atoms with Gasteiger partial charge in [0.15, 0.2) is 18.1 Å². The average molecular weight is 394 g/mol. The minimum absolute atomic E-state index is 0.118. The number of ether oxygens (including phenoxy) is 4. The highest BCUT2D eigenvalue weighted by Crippen LogP contribution is 2.30. The van der Waals surface area contributed by atoms with Crippen LogP contribution < -0.4 is 24.3 Å². The van der Waals surface area contributed by atoms with Crippen LogP contribution in [-0.4, -0.2) is 31.2 Å². The van der Waals surface area contributed by atoms with Gasteiger partial charge < -0.3 is 24.3 Å². The monoisotopic (exact) mass is 394 g/mol. The highest BCUT2D eigenvalue weighted by atomic mass is 16.5. The highest BCUT2D eigenvalue weighted by Gasteiger charge is 2.07. The third kappa shape index (κ3) is 5.87. The molecule has 1 aromatic heterocycles. The number of carbonyl (C=O) groups excluding carboxylic acids is 1. The fourth-order valence-electron chi connectivity index (χ4n) is 2.48. The van der Waals surface area contributed by atoms with Gasteiger partial charge in [0.1, 0.15) is 11.5 Å². The molecule has 0 unspecified atom stereocenters. The van der Waals surface area contributed by atoms with E-state index in [4.69, 9.17) is 18.9 Å². The Bertz CT molecular complexity index is 927. The number of benzene rings is 2. The second kappa shape index (κ2) is 9.98. The van der Waals surface area contributed by atoms with Crippen LogP contribution in [0.2, 0.25) is 0 Å². The van der Waals surface area contributed by atoms with Crippen molar-refractivity contribution >= 4 is 11.6 Å². The summed E-state index contributed by atoms with van der Waals surface area (Å²) < 4.78 is 21.8. The van der Waals surface area contributed by atoms with Crippen LogP contribution >= 0.6 is 0 Å². The Balaban J connectivity index is 1.50. The third-order valence-corrected chi connectivity index (χ3v) is 3.81. The number of hydrogen-bond acceptors (Lipinski definition) is 6. The van der Waals surface area contributed by atoms with Gasteiger partial charge in [0, 0.05) is 6.07 Å². The van der Waals surface area contributed by atoms with Crippen LogP contribution in [0, 0.1) is 0 Å². The van der Waals surface area contributed by atoms with Crippen LogP contribution in [-0.2, 0) is 4.79 Å². The topological polar surface area (TPSA) is 78.9 Å². The number of hydrogen-bond donors (Lipinski definition) is 1. The maximum atomic E-state index is 12.1. The van der Waals surface area contributed by atoms with Crippen molar-refractivity contribution in [2.75, 3.05) is 25.6 Å². The molecule has 0 saturated heterocycles. The number of para-hydroxylation sites is 2. The molecule has 0 aliphatic carbocycles. The lowest BCUT2D eigenvalue weighted by atomic mass is 10.3. The van der Waals surface area contributed by atoms with Gasteiger partial charge in [0.05, 0.1) is 25.6 Å². The largest absolute Gasteiger partial charge is 0.494 e. The van der Waals surface area contributed by atoms with Gasteiger partial charge in [-0.25, -0.2) is 4.98 Å². The summed E-state index contributed by atoms with van der Waals surface area (Å²) in [6.07, 6.45) is 1.51. The summed E-state index contributed by atoms with van der Waals surface area (Å²) in [6, 6.07) is 17.7.